The standard InChI is InChI=1S/C11H20N2O2/c12-10(8-4-3-5-9(8)14)11(15)13-6-1-2-7-13/h8-10,14H,1-7,12H2/t8?,9-,10?/m0/s1. The summed E-state index contributed by atoms with van der Waals surface area (Å²) >= 11 is 0. The summed E-state index contributed by atoms with van der Waals surface area (Å²) in [6, 6.07) is -0.486. The van der Waals surface area contributed by atoms with Gasteiger partial charge in [-0.1, -0.05) is 6.42 Å². The zero-order valence-corrected chi connectivity index (χ0v) is 9.06. The fourth-order valence-electron chi connectivity index (χ4n) is 2.72. The molecule has 4 heteroatoms. The Hall–Kier alpha value is -0.610. The van der Waals surface area contributed by atoms with Crippen LogP contribution in [0.5, 0.6) is 0 Å². The molecule has 0 aromatic carbocycles. The van der Waals surface area contributed by atoms with Crippen molar-refractivity contribution in [3.8, 4) is 0 Å². The number of aliphatic hydroxyl groups excluding tert-OH is 1. The van der Waals surface area contributed by atoms with Gasteiger partial charge in [-0.2, -0.15) is 0 Å². The summed E-state index contributed by atoms with van der Waals surface area (Å²) in [6.07, 6.45) is 4.49. The van der Waals surface area contributed by atoms with E-state index in [-0.39, 0.29) is 17.9 Å². The van der Waals surface area contributed by atoms with Crippen LogP contribution in [0.15, 0.2) is 0 Å². The second-order valence-electron chi connectivity index (χ2n) is 4.72. The van der Waals surface area contributed by atoms with Crippen LogP contribution in [0.4, 0.5) is 0 Å². The molecule has 1 heterocycles. The first-order chi connectivity index (χ1) is 7.20. The van der Waals surface area contributed by atoms with Gasteiger partial charge in [0, 0.05) is 19.0 Å². The largest absolute Gasteiger partial charge is 0.393 e. The van der Waals surface area contributed by atoms with Crippen molar-refractivity contribution >= 4 is 5.91 Å². The highest BCUT2D eigenvalue weighted by molar-refractivity contribution is 5.82. The monoisotopic (exact) mass is 212 g/mol. The lowest BCUT2D eigenvalue weighted by Crippen LogP contribution is -2.48. The first kappa shape index (κ1) is 10.9. The Bertz CT molecular complexity index is 239. The van der Waals surface area contributed by atoms with E-state index >= 15 is 0 Å². The van der Waals surface area contributed by atoms with E-state index in [4.69, 9.17) is 5.73 Å². The second kappa shape index (κ2) is 4.49. The minimum Gasteiger partial charge on any atom is -0.393 e. The first-order valence-corrected chi connectivity index (χ1v) is 5.92. The Labute approximate surface area is 90.4 Å². The smallest absolute Gasteiger partial charge is 0.239 e. The zero-order chi connectivity index (χ0) is 10.8. The summed E-state index contributed by atoms with van der Waals surface area (Å²) in [7, 11) is 0. The van der Waals surface area contributed by atoms with E-state index in [1.54, 1.807) is 0 Å². The van der Waals surface area contributed by atoms with E-state index in [9.17, 15) is 9.90 Å². The summed E-state index contributed by atoms with van der Waals surface area (Å²) in [4.78, 5) is 13.8. The van der Waals surface area contributed by atoms with E-state index in [2.05, 4.69) is 0 Å². The van der Waals surface area contributed by atoms with Crippen LogP contribution in [0.3, 0.4) is 0 Å². The molecular formula is C11H20N2O2. The van der Waals surface area contributed by atoms with Crippen molar-refractivity contribution in [3.05, 3.63) is 0 Å². The molecule has 1 aliphatic carbocycles. The minimum atomic E-state index is -0.486. The third-order valence-electron chi connectivity index (χ3n) is 3.70. The SMILES string of the molecule is NC(C(=O)N1CCCC1)C1CCC[C@@H]1O. The summed E-state index contributed by atoms with van der Waals surface area (Å²) < 4.78 is 0. The average molecular weight is 212 g/mol. The fourth-order valence-corrected chi connectivity index (χ4v) is 2.72. The first-order valence-electron chi connectivity index (χ1n) is 5.92. The third kappa shape index (κ3) is 2.16. The van der Waals surface area contributed by atoms with Gasteiger partial charge in [-0.25, -0.2) is 0 Å². The highest BCUT2D eigenvalue weighted by Gasteiger charge is 2.36. The van der Waals surface area contributed by atoms with Crippen LogP contribution in [0.1, 0.15) is 32.1 Å². The molecule has 0 spiro atoms. The van der Waals surface area contributed by atoms with Crippen LogP contribution in [-0.4, -0.2) is 41.1 Å². The van der Waals surface area contributed by atoms with Crippen molar-refractivity contribution in [1.29, 1.82) is 0 Å². The quantitative estimate of drug-likeness (QED) is 0.682. The molecule has 1 aliphatic heterocycles. The normalized spacial score (nSPS) is 33.3. The van der Waals surface area contributed by atoms with Crippen LogP contribution >= 0.6 is 0 Å². The number of nitrogens with two attached hydrogens (primary N) is 1. The predicted molar refractivity (Wildman–Crippen MR) is 57.1 cm³/mol. The summed E-state index contributed by atoms with van der Waals surface area (Å²) in [5.41, 5.74) is 5.94. The number of carbonyl (C=O) groups excluding carboxylic acids is 1. The predicted octanol–water partition coefficient (Wildman–Crippen LogP) is 0.0971. The number of likely N-dealkylation sites (tertiary alicyclic amines) is 1. The molecule has 1 saturated carbocycles. The number of aliphatic hydroxyl groups is 1. The Morgan fingerprint density at radius 1 is 1.27 bits per heavy atom. The van der Waals surface area contributed by atoms with E-state index in [0.29, 0.717) is 0 Å². The Kier molecular flexibility index (Phi) is 3.26. The van der Waals surface area contributed by atoms with Crippen LogP contribution < -0.4 is 5.73 Å². The lowest BCUT2D eigenvalue weighted by Gasteiger charge is -2.26. The van der Waals surface area contributed by atoms with Crippen molar-refractivity contribution in [3.63, 3.8) is 0 Å². The van der Waals surface area contributed by atoms with Crippen LogP contribution in [0.2, 0.25) is 0 Å². The molecule has 86 valence electrons. The van der Waals surface area contributed by atoms with Crippen molar-refractivity contribution < 1.29 is 9.90 Å². The fraction of sp³-hybridized carbons (Fsp3) is 0.909. The van der Waals surface area contributed by atoms with Crippen LogP contribution in [-0.2, 0) is 4.79 Å². The Morgan fingerprint density at radius 3 is 2.47 bits per heavy atom. The highest BCUT2D eigenvalue weighted by Crippen LogP contribution is 2.28. The molecule has 0 aromatic rings. The van der Waals surface area contributed by atoms with Gasteiger partial charge in [-0.05, 0) is 25.7 Å². The molecule has 4 nitrogen and oxygen atoms in total. The van der Waals surface area contributed by atoms with Gasteiger partial charge < -0.3 is 15.7 Å². The Balaban J connectivity index is 1.94. The summed E-state index contributed by atoms with van der Waals surface area (Å²) in [5, 5.41) is 9.70. The maximum absolute atomic E-state index is 12.0. The van der Waals surface area contributed by atoms with E-state index < -0.39 is 6.04 Å². The van der Waals surface area contributed by atoms with Gasteiger partial charge in [0.15, 0.2) is 0 Å². The number of carbonyl (C=O) groups is 1. The van der Waals surface area contributed by atoms with Crippen molar-refractivity contribution in [2.75, 3.05) is 13.1 Å². The molecule has 2 fully saturated rings. The van der Waals surface area contributed by atoms with Crippen molar-refractivity contribution in [2.24, 2.45) is 11.7 Å². The highest BCUT2D eigenvalue weighted by atomic mass is 16.3. The molecule has 2 aliphatic rings. The average Bonchev–Trinajstić information content (AvgIpc) is 2.85. The summed E-state index contributed by atoms with van der Waals surface area (Å²) in [6.45, 7) is 1.69. The summed E-state index contributed by atoms with van der Waals surface area (Å²) in [5.74, 6) is 0.0246. The van der Waals surface area contributed by atoms with Gasteiger partial charge in [0.25, 0.3) is 0 Å². The number of hydrogen-bond acceptors (Lipinski definition) is 3. The maximum atomic E-state index is 12.0. The van der Waals surface area contributed by atoms with Crippen molar-refractivity contribution in [1.82, 2.24) is 4.90 Å². The van der Waals surface area contributed by atoms with Crippen LogP contribution in [0, 0.1) is 5.92 Å². The third-order valence-corrected chi connectivity index (χ3v) is 3.70. The molecule has 3 atom stereocenters. The van der Waals surface area contributed by atoms with Gasteiger partial charge in [-0.3, -0.25) is 4.79 Å². The van der Waals surface area contributed by atoms with Crippen molar-refractivity contribution in [2.45, 2.75) is 44.2 Å². The molecule has 1 saturated heterocycles. The number of hydrogen-bond donors (Lipinski definition) is 2. The molecule has 0 radical (unpaired) electrons. The minimum absolute atomic E-state index is 0.0156. The van der Waals surface area contributed by atoms with Gasteiger partial charge in [0.1, 0.15) is 0 Å². The van der Waals surface area contributed by atoms with Gasteiger partial charge in [0.05, 0.1) is 12.1 Å². The number of rotatable bonds is 2. The molecule has 0 bridgehead atoms. The molecule has 1 amide bonds. The van der Waals surface area contributed by atoms with Gasteiger partial charge in [0.2, 0.25) is 5.91 Å². The molecule has 3 N–H and O–H groups in total. The van der Waals surface area contributed by atoms with Gasteiger partial charge >= 0.3 is 0 Å². The number of amides is 1. The van der Waals surface area contributed by atoms with E-state index in [0.717, 1.165) is 45.2 Å². The Morgan fingerprint density at radius 2 is 1.93 bits per heavy atom. The van der Waals surface area contributed by atoms with Gasteiger partial charge in [-0.15, -0.1) is 0 Å². The molecule has 2 unspecified atom stereocenters. The molecular weight excluding hydrogens is 192 g/mol. The molecule has 0 aromatic heterocycles. The van der Waals surface area contributed by atoms with E-state index in [1.165, 1.54) is 0 Å². The zero-order valence-electron chi connectivity index (χ0n) is 9.06. The maximum Gasteiger partial charge on any atom is 0.239 e. The molecule has 15 heavy (non-hydrogen) atoms. The lowest BCUT2D eigenvalue weighted by atomic mass is 9.96. The second-order valence-corrected chi connectivity index (χ2v) is 4.72. The molecule has 2 rings (SSSR count). The topological polar surface area (TPSA) is 66.6 Å². The van der Waals surface area contributed by atoms with Crippen LogP contribution in [0.25, 0.3) is 0 Å². The van der Waals surface area contributed by atoms with E-state index in [1.807, 2.05) is 4.90 Å². The number of nitrogens with zero attached hydrogens (tertiary/aromatic N) is 1. The lowest BCUT2D eigenvalue weighted by molar-refractivity contribution is -0.133.